The maximum atomic E-state index is 7.50. The molecule has 0 heterocycles. The second-order valence-electron chi connectivity index (χ2n) is 3.44. The molecule has 11 nitrogen and oxygen atoms in total. The minimum absolute atomic E-state index is 0. The van der Waals surface area contributed by atoms with E-state index in [0.717, 1.165) is 0 Å². The summed E-state index contributed by atoms with van der Waals surface area (Å²) in [4.78, 5) is 0. The summed E-state index contributed by atoms with van der Waals surface area (Å²) in [6.45, 7) is 27.6. The average molecular weight is 528 g/mol. The quantitative estimate of drug-likeness (QED) is 0.145. The van der Waals surface area contributed by atoms with Crippen LogP contribution in [0.2, 0.25) is 0 Å². The summed E-state index contributed by atoms with van der Waals surface area (Å²) in [5.74, 6) is 2.42. The molecule has 0 aromatic carbocycles. The van der Waals surface area contributed by atoms with Crippen LogP contribution in [0.5, 0.6) is 0 Å². The molecule has 31 heavy (non-hydrogen) atoms. The van der Waals surface area contributed by atoms with Crippen molar-refractivity contribution < 1.29 is 85.2 Å². The molecule has 0 saturated carbocycles. The van der Waals surface area contributed by atoms with Gasteiger partial charge in [0, 0.05) is 47.8 Å². The van der Waals surface area contributed by atoms with E-state index in [-0.39, 0.29) is 72.1 Å². The van der Waals surface area contributed by atoms with Gasteiger partial charge in [-0.1, -0.05) is 18.1 Å². The van der Waals surface area contributed by atoms with Crippen molar-refractivity contribution in [3.63, 3.8) is 0 Å². The van der Waals surface area contributed by atoms with Gasteiger partial charge in [-0.25, -0.2) is 0 Å². The van der Waals surface area contributed by atoms with Crippen LogP contribution in [0, 0.1) is 52.2 Å². The predicted octanol–water partition coefficient (Wildman–Crippen LogP) is 0.323. The van der Waals surface area contributed by atoms with Gasteiger partial charge in [-0.05, 0) is 0 Å². The fraction of sp³-hybridized carbons (Fsp3) is 0.444. The second kappa shape index (κ2) is 63.0. The Labute approximate surface area is 202 Å². The number of terminal acetylenes is 1. The summed E-state index contributed by atoms with van der Waals surface area (Å²) in [6.07, 6.45) is 8.20. The summed E-state index contributed by atoms with van der Waals surface area (Å²) >= 11 is 0. The summed E-state index contributed by atoms with van der Waals surface area (Å²) in [7, 11) is 3.13. The topological polar surface area (TPSA) is 166 Å². The van der Waals surface area contributed by atoms with Crippen LogP contribution in [0.1, 0.15) is 0 Å². The molecule has 13 heteroatoms. The van der Waals surface area contributed by atoms with E-state index in [9.17, 15) is 0 Å². The van der Waals surface area contributed by atoms with Crippen molar-refractivity contribution in [2.75, 3.05) is 34.4 Å². The zero-order valence-electron chi connectivity index (χ0n) is 16.2. The van der Waals surface area contributed by atoms with Crippen LogP contribution in [0.15, 0.2) is 12.2 Å². The van der Waals surface area contributed by atoms with Crippen LogP contribution in [0.4, 0.5) is 0 Å². The molecule has 3 atom stereocenters. The molecule has 0 amide bonds. The summed E-state index contributed by atoms with van der Waals surface area (Å²) < 4.78 is 71.1. The monoisotopic (exact) mass is 528 g/mol. The van der Waals surface area contributed by atoms with E-state index in [4.69, 9.17) is 58.0 Å². The molecule has 0 saturated heterocycles. The molecular formula is C18H18Co2O11. The van der Waals surface area contributed by atoms with Crippen molar-refractivity contribution in [2.24, 2.45) is 0 Å². The Bertz CT molecular complexity index is 458. The van der Waals surface area contributed by atoms with E-state index >= 15 is 0 Å². The maximum absolute atomic E-state index is 7.50. The van der Waals surface area contributed by atoms with Gasteiger partial charge >= 0.3 is 67.8 Å². The van der Waals surface area contributed by atoms with Crippen molar-refractivity contribution in [3.8, 4) is 12.3 Å². The van der Waals surface area contributed by atoms with Crippen molar-refractivity contribution >= 4 is 0 Å². The number of hydrogen-bond acceptors (Lipinski definition) is 5. The Morgan fingerprint density at radius 1 is 0.677 bits per heavy atom. The van der Waals surface area contributed by atoms with E-state index in [1.165, 1.54) is 0 Å². The molecule has 0 N–H and O–H groups in total. The van der Waals surface area contributed by atoms with Gasteiger partial charge in [0.1, 0.15) is 38.5 Å². The summed E-state index contributed by atoms with van der Waals surface area (Å²) in [6, 6.07) is 0. The van der Waals surface area contributed by atoms with Gasteiger partial charge in [0.25, 0.3) is 0 Å². The first-order chi connectivity index (χ1) is 14.3. The number of hydrogen-bond donors (Lipinski definition) is 0. The molecule has 2 radical (unpaired) electrons. The van der Waals surface area contributed by atoms with E-state index < -0.39 is 0 Å². The van der Waals surface area contributed by atoms with Crippen LogP contribution >= 0.6 is 0 Å². The largest absolute Gasteiger partial charge is 0 e. The average Bonchev–Trinajstić information content (AvgIpc) is 3.24. The molecule has 0 unspecified atom stereocenters. The Hall–Kier alpha value is -1.45. The van der Waals surface area contributed by atoms with Crippen LogP contribution < -0.4 is 0 Å². The number of methoxy groups -OCH3 is 2. The van der Waals surface area contributed by atoms with Gasteiger partial charge in [0.2, 0.25) is 0 Å². The Balaban J connectivity index is -0.0000000545. The summed E-state index contributed by atoms with van der Waals surface area (Å²) in [5, 5.41) is 0. The third-order valence-electron chi connectivity index (χ3n) is 2.25. The zero-order valence-corrected chi connectivity index (χ0v) is 18.3. The molecular weight excluding hydrogens is 510 g/mol. The minimum Gasteiger partial charge on any atom is 0 e. The predicted molar refractivity (Wildman–Crippen MR) is 84.8 cm³/mol. The molecule has 1 aliphatic carbocycles. The maximum Gasteiger partial charge on any atom is 0 e. The number of rotatable bonds is 8. The van der Waals surface area contributed by atoms with Crippen LogP contribution in [-0.4, -0.2) is 52.7 Å². The molecule has 0 aliphatic heterocycles. The first kappa shape index (κ1) is 51.9. The molecule has 0 aromatic heterocycles. The third kappa shape index (κ3) is 36.3. The zero-order chi connectivity index (χ0) is 24.5. The molecule has 1 aliphatic rings. The first-order valence-electron chi connectivity index (χ1n) is 6.50. The number of ether oxygens (including phenoxy) is 5. The molecule has 0 bridgehead atoms. The fourth-order valence-corrected chi connectivity index (χ4v) is 1.55. The molecule has 174 valence electrons. The van der Waals surface area contributed by atoms with E-state index in [1.54, 1.807) is 14.2 Å². The fourth-order valence-electron chi connectivity index (χ4n) is 1.55. The minimum atomic E-state index is -0.265. The van der Waals surface area contributed by atoms with Gasteiger partial charge in [0.15, 0.2) is 0 Å². The van der Waals surface area contributed by atoms with E-state index in [1.807, 2.05) is 12.2 Å². The molecule has 0 spiro atoms. The van der Waals surface area contributed by atoms with Gasteiger partial charge < -0.3 is 23.7 Å². The van der Waals surface area contributed by atoms with Crippen molar-refractivity contribution in [1.82, 2.24) is 0 Å². The van der Waals surface area contributed by atoms with E-state index in [2.05, 4.69) is 45.8 Å². The van der Waals surface area contributed by atoms with Crippen LogP contribution in [-0.2, 0) is 85.2 Å². The van der Waals surface area contributed by atoms with Crippen LogP contribution in [0.25, 0.3) is 0 Å². The van der Waals surface area contributed by atoms with Gasteiger partial charge in [-0.3, -0.25) is 0 Å². The van der Waals surface area contributed by atoms with Crippen molar-refractivity contribution in [2.45, 2.75) is 18.3 Å². The van der Waals surface area contributed by atoms with E-state index in [0.29, 0.717) is 0 Å². The van der Waals surface area contributed by atoms with Gasteiger partial charge in [-0.2, -0.15) is 0 Å². The first-order valence-corrected chi connectivity index (χ1v) is 6.50. The second-order valence-corrected chi connectivity index (χ2v) is 3.44. The smallest absolute Gasteiger partial charge is 0 e. The van der Waals surface area contributed by atoms with Gasteiger partial charge in [-0.15, -0.1) is 6.42 Å². The van der Waals surface area contributed by atoms with Crippen molar-refractivity contribution in [1.29, 1.82) is 0 Å². The standard InChI is InChI=1S/C12H18O5.6CO.2Co/c1-4-7-15-10-5-6-11(16-8-13-2)12(10)17-9-14-3;6*1-2;;/h1,5-6,10-12H,7-9H2,2-3H3;;;;;;;;/t10-,11+,12-;;;;;;;;/m0......../s1. The van der Waals surface area contributed by atoms with Gasteiger partial charge in [0.05, 0.1) is 0 Å². The van der Waals surface area contributed by atoms with Crippen molar-refractivity contribution in [3.05, 3.63) is 52.1 Å². The molecule has 0 aromatic rings. The normalized spacial score (nSPS) is 15.3. The van der Waals surface area contributed by atoms with Crippen LogP contribution in [0.3, 0.4) is 0 Å². The SMILES string of the molecule is C#CCO[C@H]1C=C[C@@H](OCOC)[C@H]1OCOC.[C-]#[O+].[C-]#[O+].[C-]#[O+].[C-]#[O+].[C-]#[O+].[C-]#[O+].[Co].[Co]. The summed E-state index contributed by atoms with van der Waals surface area (Å²) in [5.41, 5.74) is 0. The third-order valence-corrected chi connectivity index (χ3v) is 2.25. The molecule has 0 fully saturated rings. The Morgan fingerprint density at radius 2 is 1.00 bits per heavy atom. The molecule has 1 rings (SSSR count). The Morgan fingerprint density at radius 3 is 1.32 bits per heavy atom. The Kier molecular flexibility index (Phi) is 105.